The Morgan fingerprint density at radius 1 is 1.64 bits per heavy atom. The number of hydrogen-bond donors (Lipinski definition) is 1. The minimum Gasteiger partial charge on any atom is -0.396 e. The number of likely N-dealkylation sites (tertiary alicyclic amines) is 1. The summed E-state index contributed by atoms with van der Waals surface area (Å²) in [7, 11) is 0. The van der Waals surface area contributed by atoms with Gasteiger partial charge in [-0.2, -0.15) is 11.3 Å². The van der Waals surface area contributed by atoms with Crippen LogP contribution < -0.4 is 0 Å². The van der Waals surface area contributed by atoms with Gasteiger partial charge in [-0.15, -0.1) is 0 Å². The lowest BCUT2D eigenvalue weighted by atomic mass is 10.0. The van der Waals surface area contributed by atoms with Crippen molar-refractivity contribution >= 4 is 17.2 Å². The fourth-order valence-electron chi connectivity index (χ4n) is 1.57. The monoisotopic (exact) mass is 211 g/mol. The quantitative estimate of drug-likeness (QED) is 0.801. The van der Waals surface area contributed by atoms with Gasteiger partial charge in [0, 0.05) is 25.6 Å². The number of aliphatic hydroxyl groups excluding tert-OH is 1. The summed E-state index contributed by atoms with van der Waals surface area (Å²) < 4.78 is 0. The summed E-state index contributed by atoms with van der Waals surface area (Å²) in [6.07, 6.45) is 0.502. The largest absolute Gasteiger partial charge is 0.396 e. The summed E-state index contributed by atoms with van der Waals surface area (Å²) >= 11 is 1.61. The predicted molar refractivity (Wildman–Crippen MR) is 55.2 cm³/mol. The summed E-state index contributed by atoms with van der Waals surface area (Å²) in [6, 6.07) is 1.98. The number of nitrogens with zero attached hydrogens (tertiary/aromatic N) is 1. The van der Waals surface area contributed by atoms with Crippen molar-refractivity contribution in [2.75, 3.05) is 19.7 Å². The highest BCUT2D eigenvalue weighted by Crippen LogP contribution is 2.17. The van der Waals surface area contributed by atoms with Crippen LogP contribution in [0.25, 0.3) is 0 Å². The lowest BCUT2D eigenvalue weighted by Gasteiger charge is -2.38. The zero-order chi connectivity index (χ0) is 9.97. The smallest absolute Gasteiger partial charge is 0.227 e. The van der Waals surface area contributed by atoms with Gasteiger partial charge < -0.3 is 10.0 Å². The first-order chi connectivity index (χ1) is 6.79. The van der Waals surface area contributed by atoms with Crippen molar-refractivity contribution in [2.45, 2.75) is 6.42 Å². The van der Waals surface area contributed by atoms with Gasteiger partial charge in [0.2, 0.25) is 5.91 Å². The Bertz CT molecular complexity index is 304. The van der Waals surface area contributed by atoms with Crippen molar-refractivity contribution in [3.63, 3.8) is 0 Å². The van der Waals surface area contributed by atoms with Crippen molar-refractivity contribution in [1.82, 2.24) is 4.90 Å². The third-order valence-electron chi connectivity index (χ3n) is 2.50. The molecule has 0 atom stereocenters. The first-order valence-corrected chi connectivity index (χ1v) is 5.63. The maximum absolute atomic E-state index is 11.6. The van der Waals surface area contributed by atoms with Crippen molar-refractivity contribution < 1.29 is 9.90 Å². The molecule has 1 saturated heterocycles. The highest BCUT2D eigenvalue weighted by molar-refractivity contribution is 7.07. The summed E-state index contributed by atoms with van der Waals surface area (Å²) in [4.78, 5) is 13.4. The molecule has 14 heavy (non-hydrogen) atoms. The molecule has 2 heterocycles. The summed E-state index contributed by atoms with van der Waals surface area (Å²) in [5.74, 6) is 0.481. The van der Waals surface area contributed by atoms with Gasteiger partial charge in [-0.25, -0.2) is 0 Å². The van der Waals surface area contributed by atoms with Gasteiger partial charge in [0.05, 0.1) is 6.42 Å². The second-order valence-electron chi connectivity index (χ2n) is 3.66. The van der Waals surface area contributed by atoms with Gasteiger partial charge >= 0.3 is 0 Å². The third-order valence-corrected chi connectivity index (χ3v) is 3.24. The Kier molecular flexibility index (Phi) is 2.84. The second kappa shape index (κ2) is 4.11. The number of thiophene rings is 1. The molecule has 0 bridgehead atoms. The van der Waals surface area contributed by atoms with E-state index >= 15 is 0 Å². The van der Waals surface area contributed by atoms with Crippen LogP contribution >= 0.6 is 11.3 Å². The van der Waals surface area contributed by atoms with Crippen molar-refractivity contribution in [2.24, 2.45) is 5.92 Å². The molecule has 1 aromatic rings. The van der Waals surface area contributed by atoms with Crippen LogP contribution in [0.2, 0.25) is 0 Å². The van der Waals surface area contributed by atoms with Gasteiger partial charge in [0.1, 0.15) is 0 Å². The SMILES string of the molecule is O=C(Cc1ccsc1)N1CC(CO)C1. The van der Waals surface area contributed by atoms with E-state index in [2.05, 4.69) is 0 Å². The number of carbonyl (C=O) groups excluding carboxylic acids is 1. The van der Waals surface area contributed by atoms with Gasteiger partial charge in [0.15, 0.2) is 0 Å². The highest BCUT2D eigenvalue weighted by Gasteiger charge is 2.29. The molecule has 0 aliphatic carbocycles. The van der Waals surface area contributed by atoms with E-state index in [1.54, 1.807) is 16.2 Å². The van der Waals surface area contributed by atoms with E-state index in [0.717, 1.165) is 18.7 Å². The Labute approximate surface area is 87.0 Å². The Hall–Kier alpha value is -0.870. The zero-order valence-electron chi connectivity index (χ0n) is 7.85. The molecular formula is C10H13NO2S. The van der Waals surface area contributed by atoms with Crippen molar-refractivity contribution in [3.05, 3.63) is 22.4 Å². The predicted octanol–water partition coefficient (Wildman–Crippen LogP) is 0.741. The molecule has 0 saturated carbocycles. The Balaban J connectivity index is 1.80. The number of rotatable bonds is 3. The topological polar surface area (TPSA) is 40.5 Å². The normalized spacial score (nSPS) is 16.8. The molecule has 3 nitrogen and oxygen atoms in total. The van der Waals surface area contributed by atoms with E-state index in [0.29, 0.717) is 12.3 Å². The molecular weight excluding hydrogens is 198 g/mol. The molecule has 2 rings (SSSR count). The molecule has 1 fully saturated rings. The van der Waals surface area contributed by atoms with Crippen molar-refractivity contribution in [3.8, 4) is 0 Å². The van der Waals surface area contributed by atoms with Gasteiger partial charge in [-0.1, -0.05) is 0 Å². The molecule has 1 aliphatic rings. The zero-order valence-corrected chi connectivity index (χ0v) is 8.67. The summed E-state index contributed by atoms with van der Waals surface area (Å²) in [6.45, 7) is 1.64. The van der Waals surface area contributed by atoms with E-state index in [4.69, 9.17) is 5.11 Å². The van der Waals surface area contributed by atoms with Crippen LogP contribution in [0.3, 0.4) is 0 Å². The summed E-state index contributed by atoms with van der Waals surface area (Å²) in [5, 5.41) is 12.8. The minimum atomic E-state index is 0.174. The lowest BCUT2D eigenvalue weighted by Crippen LogP contribution is -2.51. The Morgan fingerprint density at radius 3 is 3.00 bits per heavy atom. The molecule has 4 heteroatoms. The third kappa shape index (κ3) is 1.96. The Morgan fingerprint density at radius 2 is 2.43 bits per heavy atom. The van der Waals surface area contributed by atoms with E-state index in [1.807, 2.05) is 16.8 Å². The van der Waals surface area contributed by atoms with Crippen LogP contribution in [-0.4, -0.2) is 35.6 Å². The molecule has 1 aliphatic heterocycles. The fraction of sp³-hybridized carbons (Fsp3) is 0.500. The molecule has 0 unspecified atom stereocenters. The average Bonchev–Trinajstić information content (AvgIpc) is 2.54. The van der Waals surface area contributed by atoms with Crippen LogP contribution in [0.4, 0.5) is 0 Å². The van der Waals surface area contributed by atoms with E-state index < -0.39 is 0 Å². The standard InChI is InChI=1S/C10H13NO2S/c12-6-9-4-11(5-9)10(13)3-8-1-2-14-7-8/h1-2,7,9,12H,3-6H2. The average molecular weight is 211 g/mol. The van der Waals surface area contributed by atoms with Crippen LogP contribution in [0, 0.1) is 5.92 Å². The van der Waals surface area contributed by atoms with Gasteiger partial charge in [0.25, 0.3) is 0 Å². The minimum absolute atomic E-state index is 0.174. The van der Waals surface area contributed by atoms with E-state index in [-0.39, 0.29) is 12.5 Å². The van der Waals surface area contributed by atoms with Crippen LogP contribution in [0.15, 0.2) is 16.8 Å². The molecule has 0 aromatic carbocycles. The highest BCUT2D eigenvalue weighted by atomic mass is 32.1. The molecule has 1 N–H and O–H groups in total. The lowest BCUT2D eigenvalue weighted by molar-refractivity contribution is -0.137. The molecule has 0 spiro atoms. The van der Waals surface area contributed by atoms with Gasteiger partial charge in [-0.3, -0.25) is 4.79 Å². The second-order valence-corrected chi connectivity index (χ2v) is 4.44. The molecule has 76 valence electrons. The summed E-state index contributed by atoms with van der Waals surface area (Å²) in [5.41, 5.74) is 1.09. The number of hydrogen-bond acceptors (Lipinski definition) is 3. The van der Waals surface area contributed by atoms with Crippen LogP contribution in [-0.2, 0) is 11.2 Å². The number of aliphatic hydroxyl groups is 1. The van der Waals surface area contributed by atoms with Crippen LogP contribution in [0.5, 0.6) is 0 Å². The number of amides is 1. The molecule has 1 aromatic heterocycles. The van der Waals surface area contributed by atoms with Crippen LogP contribution in [0.1, 0.15) is 5.56 Å². The molecule has 0 radical (unpaired) electrons. The van der Waals surface area contributed by atoms with Gasteiger partial charge in [-0.05, 0) is 22.4 Å². The fourth-order valence-corrected chi connectivity index (χ4v) is 2.24. The van der Waals surface area contributed by atoms with E-state index in [1.165, 1.54) is 0 Å². The van der Waals surface area contributed by atoms with E-state index in [9.17, 15) is 4.79 Å². The maximum atomic E-state index is 11.6. The number of carbonyl (C=O) groups is 1. The maximum Gasteiger partial charge on any atom is 0.227 e. The first kappa shape index (κ1) is 9.68. The molecule has 1 amide bonds. The van der Waals surface area contributed by atoms with Crippen molar-refractivity contribution in [1.29, 1.82) is 0 Å². The first-order valence-electron chi connectivity index (χ1n) is 4.69.